The number of imide groups is 1. The molecule has 0 radical (unpaired) electrons. The van der Waals surface area contributed by atoms with Crippen LogP contribution in [0.4, 0.5) is 5.69 Å². The maximum atomic E-state index is 14.3. The van der Waals surface area contributed by atoms with Crippen molar-refractivity contribution in [3.05, 3.63) is 111 Å². The highest BCUT2D eigenvalue weighted by Crippen LogP contribution is 2.70. The third-order valence-electron chi connectivity index (χ3n) is 8.52. The molecule has 2 amide bonds. The van der Waals surface area contributed by atoms with E-state index in [4.69, 9.17) is 4.74 Å². The van der Waals surface area contributed by atoms with Gasteiger partial charge in [-0.3, -0.25) is 29.4 Å². The molecule has 1 aliphatic heterocycles. The highest BCUT2D eigenvalue weighted by molar-refractivity contribution is 9.10. The number of amides is 2. The van der Waals surface area contributed by atoms with Gasteiger partial charge in [-0.15, -0.1) is 0 Å². The molecule has 9 nitrogen and oxygen atoms in total. The number of Topliss-reactive ketones (excluding diaryl/α,β-unsaturated/α-hetero) is 1. The van der Waals surface area contributed by atoms with Crippen molar-refractivity contribution in [3.63, 3.8) is 0 Å². The van der Waals surface area contributed by atoms with E-state index in [-0.39, 0.29) is 11.3 Å². The summed E-state index contributed by atoms with van der Waals surface area (Å²) in [6.07, 6.45) is 0. The van der Waals surface area contributed by atoms with Crippen LogP contribution in [0.3, 0.4) is 0 Å². The second-order valence-electron chi connectivity index (χ2n) is 11.0. The smallest absolute Gasteiger partial charge is 0.330 e. The highest BCUT2D eigenvalue weighted by Gasteiger charge is 2.73. The van der Waals surface area contributed by atoms with Crippen LogP contribution < -0.4 is 0 Å². The standard InChI is InChI=1S/C31H24Br2N2O7/c1-16(2)26(29(39)42-15-23(36)17-11-13-18(14-12-17)35(40)41)34-27(37)24-25(28(34)38)31(33)20-8-4-3-7-19(20)30(24,32)21-9-5-6-10-22(21)31/h3-14,16,24-26H,15H2,1-2H3. The summed E-state index contributed by atoms with van der Waals surface area (Å²) in [6.45, 7) is 2.77. The lowest BCUT2D eigenvalue weighted by Gasteiger charge is -2.55. The quantitative estimate of drug-likeness (QED) is 0.0826. The first-order valence-corrected chi connectivity index (χ1v) is 14.9. The zero-order valence-electron chi connectivity index (χ0n) is 22.5. The first kappa shape index (κ1) is 28.4. The molecule has 2 bridgehead atoms. The van der Waals surface area contributed by atoms with Gasteiger partial charge in [-0.05, 0) is 40.3 Å². The molecule has 214 valence electrons. The number of carbonyl (C=O) groups is 4. The molecule has 7 rings (SSSR count). The maximum Gasteiger partial charge on any atom is 0.330 e. The van der Waals surface area contributed by atoms with Gasteiger partial charge in [0.25, 0.3) is 5.69 Å². The lowest BCUT2D eigenvalue weighted by molar-refractivity contribution is -0.384. The lowest BCUT2D eigenvalue weighted by Crippen LogP contribution is -2.56. The van der Waals surface area contributed by atoms with Crippen LogP contribution in [-0.2, 0) is 27.8 Å². The zero-order valence-corrected chi connectivity index (χ0v) is 25.6. The van der Waals surface area contributed by atoms with E-state index >= 15 is 0 Å². The second kappa shape index (κ2) is 9.95. The average molecular weight is 696 g/mol. The first-order chi connectivity index (χ1) is 19.9. The van der Waals surface area contributed by atoms with Crippen LogP contribution in [0.2, 0.25) is 0 Å². The molecule has 3 aromatic carbocycles. The van der Waals surface area contributed by atoms with Gasteiger partial charge in [-0.25, -0.2) is 4.79 Å². The van der Waals surface area contributed by atoms with Crippen molar-refractivity contribution in [3.8, 4) is 0 Å². The number of non-ortho nitro benzene ring substituents is 1. The van der Waals surface area contributed by atoms with Crippen molar-refractivity contribution in [1.82, 2.24) is 4.90 Å². The van der Waals surface area contributed by atoms with Gasteiger partial charge in [0, 0.05) is 17.7 Å². The Morgan fingerprint density at radius 1 is 0.857 bits per heavy atom. The number of ketones is 1. The largest absolute Gasteiger partial charge is 0.456 e. The van der Waals surface area contributed by atoms with Crippen LogP contribution in [0.5, 0.6) is 0 Å². The Balaban J connectivity index is 1.33. The molecule has 1 heterocycles. The minimum atomic E-state index is -1.27. The van der Waals surface area contributed by atoms with Crippen LogP contribution in [0, 0.1) is 27.9 Å². The van der Waals surface area contributed by atoms with E-state index in [1.165, 1.54) is 24.3 Å². The van der Waals surface area contributed by atoms with Crippen molar-refractivity contribution in [2.75, 3.05) is 6.61 Å². The third kappa shape index (κ3) is 3.79. The maximum absolute atomic E-state index is 14.3. The number of alkyl halides is 2. The Labute approximate surface area is 257 Å². The molecule has 42 heavy (non-hydrogen) atoms. The number of ether oxygens (including phenoxy) is 1. The van der Waals surface area contributed by atoms with Crippen LogP contribution >= 0.6 is 31.9 Å². The molecule has 0 aromatic heterocycles. The van der Waals surface area contributed by atoms with E-state index < -0.39 is 67.5 Å². The molecule has 1 fully saturated rings. The van der Waals surface area contributed by atoms with Gasteiger partial charge < -0.3 is 4.74 Å². The van der Waals surface area contributed by atoms with Gasteiger partial charge in [0.2, 0.25) is 11.8 Å². The van der Waals surface area contributed by atoms with E-state index in [0.717, 1.165) is 27.2 Å². The molecule has 3 unspecified atom stereocenters. The first-order valence-electron chi connectivity index (χ1n) is 13.3. The summed E-state index contributed by atoms with van der Waals surface area (Å²) in [6, 6.07) is 19.0. The number of likely N-dealkylation sites (tertiary alicyclic amines) is 1. The van der Waals surface area contributed by atoms with Crippen LogP contribution in [0.1, 0.15) is 46.5 Å². The molecule has 3 aliphatic carbocycles. The topological polar surface area (TPSA) is 124 Å². The number of carbonyl (C=O) groups excluding carboxylic acids is 4. The Kier molecular flexibility index (Phi) is 6.73. The zero-order chi connectivity index (χ0) is 30.1. The molecule has 11 heteroatoms. The van der Waals surface area contributed by atoms with E-state index in [1.54, 1.807) is 13.8 Å². The molecule has 0 N–H and O–H groups in total. The van der Waals surface area contributed by atoms with E-state index in [1.807, 2.05) is 48.5 Å². The molecule has 0 spiro atoms. The number of hydrogen-bond acceptors (Lipinski definition) is 7. The summed E-state index contributed by atoms with van der Waals surface area (Å²) in [4.78, 5) is 66.2. The predicted octanol–water partition coefficient (Wildman–Crippen LogP) is 5.25. The monoisotopic (exact) mass is 694 g/mol. The van der Waals surface area contributed by atoms with Crippen LogP contribution in [-0.4, -0.2) is 46.0 Å². The molecule has 4 aliphatic rings. The Morgan fingerprint density at radius 2 is 1.29 bits per heavy atom. The predicted molar refractivity (Wildman–Crippen MR) is 158 cm³/mol. The minimum absolute atomic E-state index is 0.128. The summed E-state index contributed by atoms with van der Waals surface area (Å²) < 4.78 is 3.37. The SMILES string of the molecule is CC(C)C(C(=O)OCC(=O)c1ccc([N+](=O)[O-])cc1)N1C(=O)C2C(C1=O)C1(Br)c3ccccc3C2(Br)c2ccccc21. The summed E-state index contributed by atoms with van der Waals surface area (Å²) in [5, 5.41) is 10.9. The van der Waals surface area contributed by atoms with Gasteiger partial charge in [-0.1, -0.05) is 94.2 Å². The van der Waals surface area contributed by atoms with Gasteiger partial charge in [0.05, 0.1) is 25.4 Å². The number of benzene rings is 3. The molecule has 3 atom stereocenters. The summed E-state index contributed by atoms with van der Waals surface area (Å²) in [5.74, 6) is -4.64. The van der Waals surface area contributed by atoms with Gasteiger partial charge in [0.15, 0.2) is 12.4 Å². The molecule has 0 saturated carbocycles. The second-order valence-corrected chi connectivity index (χ2v) is 13.5. The number of halogens is 2. The number of nitrogens with zero attached hydrogens (tertiary/aromatic N) is 2. The summed E-state index contributed by atoms with van der Waals surface area (Å²) in [5.41, 5.74) is 3.46. The fourth-order valence-corrected chi connectivity index (χ4v) is 9.02. The Hall–Kier alpha value is -3.70. The average Bonchev–Trinajstić information content (AvgIpc) is 3.25. The van der Waals surface area contributed by atoms with Gasteiger partial charge in [0.1, 0.15) is 6.04 Å². The minimum Gasteiger partial charge on any atom is -0.456 e. The van der Waals surface area contributed by atoms with Gasteiger partial charge in [-0.2, -0.15) is 0 Å². The van der Waals surface area contributed by atoms with E-state index in [0.29, 0.717) is 0 Å². The van der Waals surface area contributed by atoms with E-state index in [9.17, 15) is 29.3 Å². The fraction of sp³-hybridized carbons (Fsp3) is 0.290. The summed E-state index contributed by atoms with van der Waals surface area (Å²) >= 11 is 7.89. The number of esters is 1. The molecular formula is C31H24Br2N2O7. The van der Waals surface area contributed by atoms with Crippen molar-refractivity contribution >= 4 is 61.1 Å². The van der Waals surface area contributed by atoms with Gasteiger partial charge >= 0.3 is 5.97 Å². The number of nitro groups is 1. The number of rotatable bonds is 7. The fourth-order valence-electron chi connectivity index (χ4n) is 6.71. The molecular weight excluding hydrogens is 672 g/mol. The van der Waals surface area contributed by atoms with Crippen LogP contribution in [0.25, 0.3) is 0 Å². The summed E-state index contributed by atoms with van der Waals surface area (Å²) in [7, 11) is 0. The number of nitro benzene ring substituents is 1. The van der Waals surface area contributed by atoms with Crippen LogP contribution in [0.15, 0.2) is 72.8 Å². The molecule has 1 saturated heterocycles. The normalized spacial score (nSPS) is 26.0. The van der Waals surface area contributed by atoms with Crippen molar-refractivity contribution in [2.45, 2.75) is 28.5 Å². The third-order valence-corrected chi connectivity index (χ3v) is 11.2. The highest BCUT2D eigenvalue weighted by atomic mass is 79.9. The van der Waals surface area contributed by atoms with Crippen molar-refractivity contribution in [1.29, 1.82) is 0 Å². The Morgan fingerprint density at radius 3 is 1.67 bits per heavy atom. The number of hydrogen-bond donors (Lipinski definition) is 0. The molecule has 3 aromatic rings. The Bertz CT molecular complexity index is 1560. The van der Waals surface area contributed by atoms with Crippen molar-refractivity contribution < 1.29 is 28.8 Å². The lowest BCUT2D eigenvalue weighted by atomic mass is 9.54. The van der Waals surface area contributed by atoms with E-state index in [2.05, 4.69) is 31.9 Å². The van der Waals surface area contributed by atoms with Crippen molar-refractivity contribution in [2.24, 2.45) is 17.8 Å².